The lowest BCUT2D eigenvalue weighted by Gasteiger charge is -2.13. The maximum absolute atomic E-state index is 5.50. The van der Waals surface area contributed by atoms with Crippen LogP contribution in [0.4, 0.5) is 0 Å². The van der Waals surface area contributed by atoms with E-state index >= 15 is 0 Å². The molecule has 0 aromatic rings. The largest absolute Gasteiger partial charge is 0.329 e. The molecule has 0 radical (unpaired) electrons. The van der Waals surface area contributed by atoms with Crippen molar-refractivity contribution in [3.8, 4) is 0 Å². The quantitative estimate of drug-likeness (QED) is 0.548. The fraction of sp³-hybridized carbons (Fsp3) is 1.00. The Hall–Kier alpha value is -0.0800. The molecular weight excluding hydrogens is 124 g/mol. The second kappa shape index (κ2) is 7.03. The highest BCUT2D eigenvalue weighted by molar-refractivity contribution is 4.64. The molecule has 62 valence electrons. The van der Waals surface area contributed by atoms with E-state index in [0.29, 0.717) is 6.04 Å². The number of unbranched alkanes of at least 4 members (excludes halogenated alkanes) is 1. The molecule has 0 heterocycles. The predicted molar refractivity (Wildman–Crippen MR) is 46.0 cm³/mol. The van der Waals surface area contributed by atoms with E-state index in [2.05, 4.69) is 19.2 Å². The number of nitrogens with one attached hydrogen (secondary N) is 1. The summed E-state index contributed by atoms with van der Waals surface area (Å²) in [6, 6.07) is 0.534. The zero-order valence-electron chi connectivity index (χ0n) is 7.19. The summed E-state index contributed by atoms with van der Waals surface area (Å²) in [7, 11) is 0. The lowest BCUT2D eigenvalue weighted by Crippen LogP contribution is -2.35. The van der Waals surface area contributed by atoms with Crippen molar-refractivity contribution in [1.29, 1.82) is 0 Å². The van der Waals surface area contributed by atoms with Gasteiger partial charge < -0.3 is 11.1 Å². The highest BCUT2D eigenvalue weighted by Gasteiger charge is 1.99. The minimum absolute atomic E-state index is 0.534. The molecule has 0 amide bonds. The SMILES string of the molecule is CCCCNC(CC)CN. The van der Waals surface area contributed by atoms with Crippen molar-refractivity contribution in [2.45, 2.75) is 39.2 Å². The van der Waals surface area contributed by atoms with Gasteiger partial charge in [-0.2, -0.15) is 0 Å². The Bertz CT molecular complexity index is 60.3. The molecule has 0 aliphatic carbocycles. The zero-order chi connectivity index (χ0) is 7.82. The van der Waals surface area contributed by atoms with Gasteiger partial charge in [-0.15, -0.1) is 0 Å². The third-order valence-corrected chi connectivity index (χ3v) is 1.74. The number of nitrogens with two attached hydrogens (primary N) is 1. The van der Waals surface area contributed by atoms with Gasteiger partial charge in [0.05, 0.1) is 0 Å². The fourth-order valence-electron chi connectivity index (χ4n) is 0.877. The van der Waals surface area contributed by atoms with Crippen LogP contribution in [0.1, 0.15) is 33.1 Å². The molecule has 0 saturated heterocycles. The first-order valence-corrected chi connectivity index (χ1v) is 4.28. The zero-order valence-corrected chi connectivity index (χ0v) is 7.19. The van der Waals surface area contributed by atoms with Gasteiger partial charge in [0, 0.05) is 12.6 Å². The van der Waals surface area contributed by atoms with Gasteiger partial charge in [0.25, 0.3) is 0 Å². The third kappa shape index (κ3) is 4.77. The van der Waals surface area contributed by atoms with Crippen molar-refractivity contribution in [3.63, 3.8) is 0 Å². The second-order valence-electron chi connectivity index (χ2n) is 2.65. The first-order chi connectivity index (χ1) is 4.85. The molecule has 3 N–H and O–H groups in total. The summed E-state index contributed by atoms with van der Waals surface area (Å²) in [5.74, 6) is 0. The van der Waals surface area contributed by atoms with Crippen LogP contribution < -0.4 is 11.1 Å². The maximum atomic E-state index is 5.50. The van der Waals surface area contributed by atoms with Crippen LogP contribution in [0.5, 0.6) is 0 Å². The van der Waals surface area contributed by atoms with Gasteiger partial charge in [0.2, 0.25) is 0 Å². The normalized spacial score (nSPS) is 13.5. The Balaban J connectivity index is 3.09. The van der Waals surface area contributed by atoms with Crippen molar-refractivity contribution < 1.29 is 0 Å². The summed E-state index contributed by atoms with van der Waals surface area (Å²) < 4.78 is 0. The summed E-state index contributed by atoms with van der Waals surface area (Å²) in [5.41, 5.74) is 5.50. The minimum Gasteiger partial charge on any atom is -0.329 e. The average molecular weight is 144 g/mol. The van der Waals surface area contributed by atoms with Crippen LogP contribution in [-0.4, -0.2) is 19.1 Å². The molecule has 0 aromatic heterocycles. The summed E-state index contributed by atoms with van der Waals surface area (Å²) in [6.07, 6.45) is 3.66. The highest BCUT2D eigenvalue weighted by atomic mass is 14.9. The van der Waals surface area contributed by atoms with Gasteiger partial charge in [-0.05, 0) is 19.4 Å². The Morgan fingerprint density at radius 3 is 2.50 bits per heavy atom. The summed E-state index contributed by atoms with van der Waals surface area (Å²) in [5, 5.41) is 3.40. The minimum atomic E-state index is 0.534. The Kier molecular flexibility index (Phi) is 6.98. The molecular formula is C8H20N2. The average Bonchev–Trinajstić information content (AvgIpc) is 1.99. The third-order valence-electron chi connectivity index (χ3n) is 1.74. The Labute approximate surface area is 64.2 Å². The molecule has 2 nitrogen and oxygen atoms in total. The molecule has 10 heavy (non-hydrogen) atoms. The van der Waals surface area contributed by atoms with E-state index in [9.17, 15) is 0 Å². The van der Waals surface area contributed by atoms with Gasteiger partial charge >= 0.3 is 0 Å². The van der Waals surface area contributed by atoms with Gasteiger partial charge in [-0.25, -0.2) is 0 Å². The molecule has 0 fully saturated rings. The van der Waals surface area contributed by atoms with E-state index in [-0.39, 0.29) is 0 Å². The summed E-state index contributed by atoms with van der Waals surface area (Å²) in [6.45, 7) is 6.24. The topological polar surface area (TPSA) is 38.0 Å². The van der Waals surface area contributed by atoms with Crippen LogP contribution >= 0.6 is 0 Å². The number of hydrogen-bond acceptors (Lipinski definition) is 2. The molecule has 2 heteroatoms. The molecule has 0 spiro atoms. The summed E-state index contributed by atoms with van der Waals surface area (Å²) in [4.78, 5) is 0. The summed E-state index contributed by atoms with van der Waals surface area (Å²) >= 11 is 0. The molecule has 0 aromatic carbocycles. The number of rotatable bonds is 6. The van der Waals surface area contributed by atoms with E-state index in [4.69, 9.17) is 5.73 Å². The molecule has 0 rings (SSSR count). The molecule has 0 aliphatic heterocycles. The van der Waals surface area contributed by atoms with E-state index in [1.807, 2.05) is 0 Å². The molecule has 1 atom stereocenters. The predicted octanol–water partition coefficient (Wildman–Crippen LogP) is 1.11. The van der Waals surface area contributed by atoms with Crippen LogP contribution in [0.3, 0.4) is 0 Å². The van der Waals surface area contributed by atoms with Gasteiger partial charge in [-0.1, -0.05) is 20.3 Å². The lowest BCUT2D eigenvalue weighted by atomic mass is 10.2. The monoisotopic (exact) mass is 144 g/mol. The van der Waals surface area contributed by atoms with E-state index in [1.54, 1.807) is 0 Å². The van der Waals surface area contributed by atoms with E-state index in [0.717, 1.165) is 19.5 Å². The van der Waals surface area contributed by atoms with Crippen molar-refractivity contribution in [2.24, 2.45) is 5.73 Å². The highest BCUT2D eigenvalue weighted by Crippen LogP contribution is 1.89. The van der Waals surface area contributed by atoms with Crippen molar-refractivity contribution in [2.75, 3.05) is 13.1 Å². The van der Waals surface area contributed by atoms with Crippen LogP contribution in [0.25, 0.3) is 0 Å². The van der Waals surface area contributed by atoms with Crippen molar-refractivity contribution in [1.82, 2.24) is 5.32 Å². The first kappa shape index (κ1) is 9.92. The first-order valence-electron chi connectivity index (χ1n) is 4.28. The van der Waals surface area contributed by atoms with Gasteiger partial charge in [-0.3, -0.25) is 0 Å². The Morgan fingerprint density at radius 1 is 1.40 bits per heavy atom. The molecule has 0 aliphatic rings. The van der Waals surface area contributed by atoms with Crippen molar-refractivity contribution in [3.05, 3.63) is 0 Å². The van der Waals surface area contributed by atoms with Crippen molar-refractivity contribution >= 4 is 0 Å². The maximum Gasteiger partial charge on any atom is 0.0187 e. The molecule has 0 saturated carbocycles. The second-order valence-corrected chi connectivity index (χ2v) is 2.65. The fourth-order valence-corrected chi connectivity index (χ4v) is 0.877. The standard InChI is InChI=1S/C8H20N2/c1-3-5-6-10-8(4-2)7-9/h8,10H,3-7,9H2,1-2H3. The van der Waals surface area contributed by atoms with Crippen LogP contribution in [0.2, 0.25) is 0 Å². The number of hydrogen-bond donors (Lipinski definition) is 2. The molecule has 1 unspecified atom stereocenters. The molecule has 0 bridgehead atoms. The van der Waals surface area contributed by atoms with Crippen LogP contribution in [0, 0.1) is 0 Å². The Morgan fingerprint density at radius 2 is 2.10 bits per heavy atom. The van der Waals surface area contributed by atoms with Crippen LogP contribution in [-0.2, 0) is 0 Å². The van der Waals surface area contributed by atoms with Crippen LogP contribution in [0.15, 0.2) is 0 Å². The lowest BCUT2D eigenvalue weighted by molar-refractivity contribution is 0.496. The van der Waals surface area contributed by atoms with E-state index < -0.39 is 0 Å². The van der Waals surface area contributed by atoms with E-state index in [1.165, 1.54) is 12.8 Å². The smallest absolute Gasteiger partial charge is 0.0187 e. The van der Waals surface area contributed by atoms with Gasteiger partial charge in [0.15, 0.2) is 0 Å². The van der Waals surface area contributed by atoms with Gasteiger partial charge in [0.1, 0.15) is 0 Å².